The minimum atomic E-state index is -1.42. The van der Waals surface area contributed by atoms with Crippen molar-refractivity contribution < 1.29 is 97.0 Å². The number of amides is 6. The first-order valence-corrected chi connectivity index (χ1v) is 32.6. The molecule has 4 aliphatic heterocycles. The Balaban J connectivity index is 0.000000292. The molecule has 508 valence electrons. The van der Waals surface area contributed by atoms with Crippen molar-refractivity contribution >= 4 is 71.0 Å². The number of halogens is 2. The van der Waals surface area contributed by atoms with Gasteiger partial charge in [-0.15, -0.1) is 0 Å². The number of carbonyl (C=O) groups is 8. The number of hydrogen-bond acceptors (Lipinski definition) is 15. The Bertz CT molecular complexity index is 3500. The number of nitrogens with zero attached hydrogens (tertiary/aromatic N) is 2. The van der Waals surface area contributed by atoms with E-state index in [2.05, 4.69) is 21.3 Å². The van der Waals surface area contributed by atoms with E-state index in [9.17, 15) is 43.5 Å². The Labute approximate surface area is 576 Å². The number of fused-ring (bicyclic) bond motifs is 6. The molecule has 6 aliphatic rings. The predicted molar refractivity (Wildman–Crippen MR) is 349 cm³/mol. The SMILES string of the molecule is CC(C)(C)OC(=O)N[C@H]1CCCCC/C=C\[C@@H]2C[C@@]2(C(=O)O)NC(=O)C2Cc3cc(Oc4cccc(Cl)c4)ccc3CN2C1=O.CCOC(=O)[C@@]12C[C@H]1/C=C\CCCCC[C@H](NC(=O)OC(C)(C)C)C(=O)N1Cc3ccc(Oc4cccc(Cl)c4)cc3CC1C(=O)N2.[Li+].[OH-].[OH-]. The molecule has 10 rings (SSSR count). The van der Waals surface area contributed by atoms with Crippen LogP contribution in [0.2, 0.25) is 10.0 Å². The molecule has 0 saturated heterocycles. The maximum atomic E-state index is 14.4. The topological polar surface area (TPSA) is 318 Å². The van der Waals surface area contributed by atoms with Crippen LogP contribution in [-0.2, 0) is 68.9 Å². The van der Waals surface area contributed by atoms with Crippen LogP contribution >= 0.6 is 23.2 Å². The van der Waals surface area contributed by atoms with Gasteiger partial charge in [-0.1, -0.05) is 97.5 Å². The molecule has 95 heavy (non-hydrogen) atoms. The second kappa shape index (κ2) is 32.9. The summed E-state index contributed by atoms with van der Waals surface area (Å²) in [5, 5.41) is 22.5. The van der Waals surface area contributed by atoms with Gasteiger partial charge in [-0.05, 0) is 183 Å². The summed E-state index contributed by atoms with van der Waals surface area (Å²) in [4.78, 5) is 111. The van der Waals surface area contributed by atoms with Crippen molar-refractivity contribution in [2.75, 3.05) is 6.61 Å². The molecule has 25 heteroatoms. The van der Waals surface area contributed by atoms with E-state index in [0.29, 0.717) is 65.1 Å². The van der Waals surface area contributed by atoms with Gasteiger partial charge in [0.2, 0.25) is 23.6 Å². The van der Waals surface area contributed by atoms with E-state index in [1.807, 2.05) is 54.6 Å². The van der Waals surface area contributed by atoms with Crippen LogP contribution in [0.1, 0.15) is 148 Å². The zero-order valence-electron chi connectivity index (χ0n) is 55.2. The van der Waals surface area contributed by atoms with Crippen molar-refractivity contribution in [3.8, 4) is 23.0 Å². The number of carboxylic acids is 1. The summed E-state index contributed by atoms with van der Waals surface area (Å²) in [5.41, 5.74) is -0.826. The number of alkyl carbamates (subject to hydrolysis) is 2. The van der Waals surface area contributed by atoms with Crippen LogP contribution in [0.25, 0.3) is 0 Å². The normalized spacial score (nSPS) is 24.9. The number of hydrogen-bond donors (Lipinski definition) is 5. The van der Waals surface area contributed by atoms with Crippen LogP contribution in [0.15, 0.2) is 109 Å². The molecule has 4 heterocycles. The van der Waals surface area contributed by atoms with Crippen LogP contribution in [0.5, 0.6) is 23.0 Å². The third-order valence-electron chi connectivity index (χ3n) is 17.0. The van der Waals surface area contributed by atoms with Crippen molar-refractivity contribution in [1.82, 2.24) is 31.1 Å². The quantitative estimate of drug-likeness (QED) is 0.0453. The van der Waals surface area contributed by atoms with E-state index in [1.54, 1.807) is 103 Å². The molecule has 2 aliphatic carbocycles. The van der Waals surface area contributed by atoms with Gasteiger partial charge in [-0.25, -0.2) is 19.2 Å². The molecular formula is C70H86Cl2LiN6O16-. The number of carboxylic acid groups (broad SMARTS) is 1. The summed E-state index contributed by atoms with van der Waals surface area (Å²) in [5.74, 6) is -1.73. The molecular weight excluding hydrogens is 1260 g/mol. The van der Waals surface area contributed by atoms with E-state index in [0.717, 1.165) is 60.8 Å². The van der Waals surface area contributed by atoms with E-state index in [1.165, 1.54) is 9.80 Å². The summed E-state index contributed by atoms with van der Waals surface area (Å²) < 4.78 is 28.4. The minimum Gasteiger partial charge on any atom is -0.870 e. The van der Waals surface area contributed by atoms with Crippen LogP contribution < -0.4 is 49.6 Å². The summed E-state index contributed by atoms with van der Waals surface area (Å²) in [6.07, 6.45) is 14.6. The molecule has 8 atom stereocenters. The predicted octanol–water partition coefficient (Wildman–Crippen LogP) is 8.65. The number of aliphatic carboxylic acids is 1. The first-order valence-electron chi connectivity index (χ1n) is 31.8. The van der Waals surface area contributed by atoms with Crippen molar-refractivity contribution in [1.29, 1.82) is 0 Å². The van der Waals surface area contributed by atoms with Crippen LogP contribution in [0.3, 0.4) is 0 Å². The molecule has 0 aromatic heterocycles. The molecule has 22 nitrogen and oxygen atoms in total. The van der Waals surface area contributed by atoms with Crippen LogP contribution in [0.4, 0.5) is 9.59 Å². The number of benzene rings is 4. The van der Waals surface area contributed by atoms with Gasteiger partial charge in [0.1, 0.15) is 69.4 Å². The standard InChI is InChI=1S/C36H44ClN3O7.C34H40ClN3O7.Li.2H2O/c1-5-45-33(43)36-21-25(36)12-9-7-6-8-10-15-29(38-34(44)47-35(2,3)4)32(42)40-22-23-16-17-28(46-27-14-11-13-26(37)20-27)18-24(23)19-30(40)31(41)39-36;1-33(2,3)45-32(43)36-27-13-8-6-4-5-7-10-23-19-34(23,31(41)42)37-29(39)28-17-22-16-26(44-25-12-9-11-24(35)18-25)15-14-21(22)20-38(28)30(27)40;;;/h9,11-14,16-18,20,25,29-30H,5-8,10,15,19,21-22H2,1-4H3,(H,38,44)(H,39,41);7,9-12,14-16,18,23,27-28H,4-6,8,13,17,19-20H2,1-3H3,(H,36,43)(H,37,39)(H,41,42);;2*1H2/q;;+1;;/p-2/b12-9-;10-7-;;;/t25-,29+,30?,36-;23-,27+,28?,34-;;;/m11.../s1. The molecule has 0 spiro atoms. The molecule has 2 unspecified atom stereocenters. The van der Waals surface area contributed by atoms with Gasteiger partial charge in [0.25, 0.3) is 0 Å². The van der Waals surface area contributed by atoms with Crippen molar-refractivity contribution in [2.24, 2.45) is 11.8 Å². The zero-order valence-corrected chi connectivity index (χ0v) is 56.7. The fourth-order valence-corrected chi connectivity index (χ4v) is 12.6. The van der Waals surface area contributed by atoms with Gasteiger partial charge < -0.3 is 70.8 Å². The largest absolute Gasteiger partial charge is 1.00 e. The molecule has 2 saturated carbocycles. The number of carbonyl (C=O) groups excluding carboxylic acids is 7. The van der Waals surface area contributed by atoms with E-state index in [4.69, 9.17) is 46.9 Å². The van der Waals surface area contributed by atoms with E-state index >= 15 is 0 Å². The minimum absolute atomic E-state index is 0. The molecule has 6 amide bonds. The number of allylic oxidation sites excluding steroid dienone is 2. The van der Waals surface area contributed by atoms with Crippen LogP contribution in [0, 0.1) is 11.8 Å². The maximum Gasteiger partial charge on any atom is 1.00 e. The Morgan fingerprint density at radius 3 is 1.40 bits per heavy atom. The number of ether oxygens (including phenoxy) is 5. The molecule has 2 fully saturated rings. The molecule has 4 aromatic carbocycles. The average molecular weight is 1350 g/mol. The number of rotatable bonds is 9. The Morgan fingerprint density at radius 1 is 0.579 bits per heavy atom. The van der Waals surface area contributed by atoms with Gasteiger partial charge in [0.15, 0.2) is 0 Å². The molecule has 0 bridgehead atoms. The fraction of sp³-hybridized carbons (Fsp3) is 0.486. The summed E-state index contributed by atoms with van der Waals surface area (Å²) in [6.45, 7) is 12.7. The fourth-order valence-electron chi connectivity index (χ4n) is 12.2. The summed E-state index contributed by atoms with van der Waals surface area (Å²) >= 11 is 12.3. The summed E-state index contributed by atoms with van der Waals surface area (Å²) in [6, 6.07) is 21.3. The van der Waals surface area contributed by atoms with Gasteiger partial charge in [0, 0.05) is 47.8 Å². The average Bonchev–Trinajstić information content (AvgIpc) is 1.65. The number of nitrogens with one attached hydrogen (secondary N) is 4. The zero-order chi connectivity index (χ0) is 66.1. The smallest absolute Gasteiger partial charge is 0.870 e. The first-order chi connectivity index (χ1) is 43.7. The van der Waals surface area contributed by atoms with Crippen molar-refractivity contribution in [3.05, 3.63) is 142 Å². The van der Waals surface area contributed by atoms with E-state index in [-0.39, 0.29) is 86.5 Å². The Hall–Kier alpha value is -7.58. The van der Waals surface area contributed by atoms with Crippen LogP contribution in [-0.4, -0.2) is 127 Å². The van der Waals surface area contributed by atoms with Crippen molar-refractivity contribution in [3.63, 3.8) is 0 Å². The van der Waals surface area contributed by atoms with Crippen molar-refractivity contribution in [2.45, 2.75) is 198 Å². The third-order valence-corrected chi connectivity index (χ3v) is 17.5. The Kier molecular flexibility index (Phi) is 26.5. The molecule has 7 N–H and O–H groups in total. The Morgan fingerprint density at radius 2 is 0.989 bits per heavy atom. The maximum absolute atomic E-state index is 14.4. The monoisotopic (exact) mass is 1340 g/mol. The van der Waals surface area contributed by atoms with Gasteiger partial charge in [-0.2, -0.15) is 0 Å². The summed E-state index contributed by atoms with van der Waals surface area (Å²) in [7, 11) is 0. The number of esters is 1. The van der Waals surface area contributed by atoms with Gasteiger partial charge in [-0.3, -0.25) is 19.2 Å². The van der Waals surface area contributed by atoms with E-state index < -0.39 is 88.3 Å². The van der Waals surface area contributed by atoms with Gasteiger partial charge in [0.05, 0.1) is 6.61 Å². The second-order valence-electron chi connectivity index (χ2n) is 26.5. The molecule has 4 aromatic rings. The molecule has 0 radical (unpaired) electrons. The van der Waals surface area contributed by atoms with Gasteiger partial charge >= 0.3 is 43.0 Å². The third kappa shape index (κ3) is 20.0. The second-order valence-corrected chi connectivity index (χ2v) is 27.3. The first kappa shape index (κ1) is 76.4.